The molecule has 0 bridgehead atoms. The molecule has 0 aromatic heterocycles. The van der Waals surface area contributed by atoms with Gasteiger partial charge >= 0.3 is 0 Å². The van der Waals surface area contributed by atoms with Crippen molar-refractivity contribution in [1.29, 1.82) is 0 Å². The summed E-state index contributed by atoms with van der Waals surface area (Å²) in [7, 11) is 1.68. The second kappa shape index (κ2) is 4.42. The van der Waals surface area contributed by atoms with E-state index in [2.05, 4.69) is 17.4 Å². The van der Waals surface area contributed by atoms with E-state index in [1.165, 1.54) is 18.4 Å². The Morgan fingerprint density at radius 3 is 2.47 bits per heavy atom. The molecule has 1 fully saturated rings. The van der Waals surface area contributed by atoms with Crippen molar-refractivity contribution >= 4 is 11.6 Å². The molecule has 0 radical (unpaired) electrons. The van der Waals surface area contributed by atoms with Gasteiger partial charge in [0, 0.05) is 18.0 Å². The molecule has 1 saturated carbocycles. The number of ether oxygens (including phenoxy) is 1. The zero-order valence-corrected chi connectivity index (χ0v) is 9.68. The summed E-state index contributed by atoms with van der Waals surface area (Å²) in [6.07, 6.45) is 2.40. The van der Waals surface area contributed by atoms with E-state index in [0.29, 0.717) is 5.88 Å². The van der Waals surface area contributed by atoms with Gasteiger partial charge in [-0.1, -0.05) is 12.1 Å². The number of benzene rings is 1. The molecule has 0 heterocycles. The second-order valence-electron chi connectivity index (χ2n) is 4.12. The molecule has 0 amide bonds. The molecule has 0 atom stereocenters. The maximum atomic E-state index is 5.89. The van der Waals surface area contributed by atoms with Crippen LogP contribution in [0.25, 0.3) is 0 Å². The second-order valence-corrected chi connectivity index (χ2v) is 4.38. The minimum atomic E-state index is 0.224. The zero-order valence-electron chi connectivity index (χ0n) is 8.92. The average Bonchev–Trinajstić information content (AvgIpc) is 3.08. The van der Waals surface area contributed by atoms with Gasteiger partial charge in [0.1, 0.15) is 5.75 Å². The van der Waals surface area contributed by atoms with Crippen molar-refractivity contribution in [2.45, 2.75) is 24.9 Å². The smallest absolute Gasteiger partial charge is 0.118 e. The lowest BCUT2D eigenvalue weighted by Crippen LogP contribution is -2.32. The van der Waals surface area contributed by atoms with Crippen LogP contribution in [-0.4, -0.2) is 18.5 Å². The Kier molecular flexibility index (Phi) is 3.17. The maximum absolute atomic E-state index is 5.89. The monoisotopic (exact) mass is 225 g/mol. The van der Waals surface area contributed by atoms with Crippen molar-refractivity contribution in [2.24, 2.45) is 0 Å². The predicted molar refractivity (Wildman–Crippen MR) is 62.5 cm³/mol. The van der Waals surface area contributed by atoms with Gasteiger partial charge in [-0.15, -0.1) is 11.6 Å². The minimum absolute atomic E-state index is 0.224. The molecule has 3 heteroatoms. The lowest BCUT2D eigenvalue weighted by molar-refractivity contribution is 0.414. The third kappa shape index (κ3) is 2.64. The summed E-state index contributed by atoms with van der Waals surface area (Å²) in [6.45, 7) is 0.886. The van der Waals surface area contributed by atoms with E-state index in [1.54, 1.807) is 7.11 Å². The first-order valence-corrected chi connectivity index (χ1v) is 5.75. The first kappa shape index (κ1) is 10.8. The molecule has 1 aliphatic rings. The molecule has 1 aromatic rings. The fraction of sp³-hybridized carbons (Fsp3) is 0.500. The Bertz CT molecular complexity index is 319. The Hall–Kier alpha value is -0.730. The van der Waals surface area contributed by atoms with E-state index >= 15 is 0 Å². The lowest BCUT2D eigenvalue weighted by Gasteiger charge is -2.13. The largest absolute Gasteiger partial charge is 0.497 e. The number of alkyl halides is 1. The Morgan fingerprint density at radius 2 is 2.00 bits per heavy atom. The molecule has 2 nitrogen and oxygen atoms in total. The molecule has 15 heavy (non-hydrogen) atoms. The zero-order chi connectivity index (χ0) is 10.7. The van der Waals surface area contributed by atoms with E-state index in [1.807, 2.05) is 12.1 Å². The number of methoxy groups -OCH3 is 1. The molecule has 0 aliphatic heterocycles. The van der Waals surface area contributed by atoms with E-state index in [-0.39, 0.29) is 5.54 Å². The first-order valence-electron chi connectivity index (χ1n) is 5.22. The minimum Gasteiger partial charge on any atom is -0.497 e. The quantitative estimate of drug-likeness (QED) is 0.778. The van der Waals surface area contributed by atoms with E-state index < -0.39 is 0 Å². The van der Waals surface area contributed by atoms with Crippen molar-refractivity contribution in [3.63, 3.8) is 0 Å². The summed E-state index contributed by atoms with van der Waals surface area (Å²) in [6, 6.07) is 8.13. The summed E-state index contributed by atoms with van der Waals surface area (Å²) < 4.78 is 5.11. The van der Waals surface area contributed by atoms with Crippen molar-refractivity contribution in [2.75, 3.05) is 13.0 Å². The van der Waals surface area contributed by atoms with Gasteiger partial charge in [0.2, 0.25) is 0 Å². The maximum Gasteiger partial charge on any atom is 0.118 e. The number of hydrogen-bond donors (Lipinski definition) is 1. The summed E-state index contributed by atoms with van der Waals surface area (Å²) in [5.41, 5.74) is 1.49. The van der Waals surface area contributed by atoms with Gasteiger partial charge in [-0.3, -0.25) is 0 Å². The first-order chi connectivity index (χ1) is 7.28. The van der Waals surface area contributed by atoms with Gasteiger partial charge in [0.25, 0.3) is 0 Å². The van der Waals surface area contributed by atoms with Crippen LogP contribution >= 0.6 is 11.6 Å². The molecule has 2 rings (SSSR count). The van der Waals surface area contributed by atoms with E-state index in [0.717, 1.165) is 12.3 Å². The highest BCUT2D eigenvalue weighted by Crippen LogP contribution is 2.36. The van der Waals surface area contributed by atoms with Crippen LogP contribution < -0.4 is 10.1 Å². The van der Waals surface area contributed by atoms with Crippen LogP contribution in [0, 0.1) is 0 Å². The standard InChI is InChI=1S/C12H16ClNO/c1-15-11-4-2-10(3-5-11)8-14-12(9-13)6-7-12/h2-5,14H,6-9H2,1H3. The normalized spacial score (nSPS) is 17.5. The van der Waals surface area contributed by atoms with Crippen molar-refractivity contribution < 1.29 is 4.74 Å². The molecule has 1 aromatic carbocycles. The summed E-state index contributed by atoms with van der Waals surface area (Å²) in [5.74, 6) is 1.61. The predicted octanol–water partition coefficient (Wildman–Crippen LogP) is 2.56. The molecule has 82 valence electrons. The highest BCUT2D eigenvalue weighted by Gasteiger charge is 2.40. The highest BCUT2D eigenvalue weighted by molar-refractivity contribution is 6.18. The van der Waals surface area contributed by atoms with Crippen molar-refractivity contribution in [3.8, 4) is 5.75 Å². The van der Waals surface area contributed by atoms with Gasteiger partial charge in [0.15, 0.2) is 0 Å². The van der Waals surface area contributed by atoms with Gasteiger partial charge in [-0.25, -0.2) is 0 Å². The fourth-order valence-corrected chi connectivity index (χ4v) is 1.90. The topological polar surface area (TPSA) is 21.3 Å². The molecule has 0 spiro atoms. The van der Waals surface area contributed by atoms with Crippen LogP contribution in [0.15, 0.2) is 24.3 Å². The van der Waals surface area contributed by atoms with Crippen LogP contribution in [0.1, 0.15) is 18.4 Å². The van der Waals surface area contributed by atoms with Crippen molar-refractivity contribution in [3.05, 3.63) is 29.8 Å². The summed E-state index contributed by atoms with van der Waals surface area (Å²) in [4.78, 5) is 0. The number of hydrogen-bond acceptors (Lipinski definition) is 2. The molecule has 0 saturated heterocycles. The van der Waals surface area contributed by atoms with Crippen LogP contribution in [0.4, 0.5) is 0 Å². The Labute approximate surface area is 95.6 Å². The molecular formula is C12H16ClNO. The lowest BCUT2D eigenvalue weighted by atomic mass is 10.2. The van der Waals surface area contributed by atoms with E-state index in [9.17, 15) is 0 Å². The summed E-state index contributed by atoms with van der Waals surface area (Å²) in [5, 5.41) is 3.50. The van der Waals surface area contributed by atoms with Gasteiger partial charge in [-0.05, 0) is 30.5 Å². The van der Waals surface area contributed by atoms with Gasteiger partial charge in [-0.2, -0.15) is 0 Å². The molecule has 1 N–H and O–H groups in total. The number of nitrogens with one attached hydrogen (secondary N) is 1. The molecular weight excluding hydrogens is 210 g/mol. The van der Waals surface area contributed by atoms with Gasteiger partial charge in [0.05, 0.1) is 7.11 Å². The van der Waals surface area contributed by atoms with Crippen LogP contribution in [-0.2, 0) is 6.54 Å². The van der Waals surface area contributed by atoms with Crippen LogP contribution in [0.5, 0.6) is 5.75 Å². The van der Waals surface area contributed by atoms with Gasteiger partial charge < -0.3 is 10.1 Å². The average molecular weight is 226 g/mol. The fourth-order valence-electron chi connectivity index (χ4n) is 1.54. The Morgan fingerprint density at radius 1 is 1.33 bits per heavy atom. The van der Waals surface area contributed by atoms with Crippen molar-refractivity contribution in [1.82, 2.24) is 5.32 Å². The Balaban J connectivity index is 1.88. The van der Waals surface area contributed by atoms with Crippen LogP contribution in [0.3, 0.4) is 0 Å². The highest BCUT2D eigenvalue weighted by atomic mass is 35.5. The summed E-state index contributed by atoms with van der Waals surface area (Å²) >= 11 is 5.89. The van der Waals surface area contributed by atoms with E-state index in [4.69, 9.17) is 16.3 Å². The van der Waals surface area contributed by atoms with Crippen LogP contribution in [0.2, 0.25) is 0 Å². The number of rotatable bonds is 5. The third-order valence-corrected chi connectivity index (χ3v) is 3.45. The molecule has 1 aliphatic carbocycles. The molecule has 0 unspecified atom stereocenters. The number of halogens is 1. The SMILES string of the molecule is COc1ccc(CNC2(CCl)CC2)cc1. The third-order valence-electron chi connectivity index (χ3n) is 2.94.